The van der Waals surface area contributed by atoms with Crippen LogP contribution in [0, 0.1) is 0 Å². The summed E-state index contributed by atoms with van der Waals surface area (Å²) in [6, 6.07) is 26.6. The molecule has 0 aliphatic heterocycles. The highest BCUT2D eigenvalue weighted by molar-refractivity contribution is 6.30. The lowest BCUT2D eigenvalue weighted by Crippen LogP contribution is -2.35. The maximum Gasteiger partial charge on any atom is 0.291 e. The van der Waals surface area contributed by atoms with Crippen molar-refractivity contribution in [2.24, 2.45) is 14.1 Å². The van der Waals surface area contributed by atoms with Gasteiger partial charge in [0.15, 0.2) is 17.1 Å². The minimum Gasteiger partial charge on any atom is -0.356 e. The van der Waals surface area contributed by atoms with Gasteiger partial charge in [-0.15, -0.1) is 0 Å². The Morgan fingerprint density at radius 1 is 0.926 bits per heavy atom. The molecule has 0 saturated carbocycles. The molecule has 27 heavy (non-hydrogen) atoms. The van der Waals surface area contributed by atoms with E-state index in [9.17, 15) is 0 Å². The maximum absolute atomic E-state index is 6.45. The molecular formula is C23H22ClN2O+. The predicted molar refractivity (Wildman–Crippen MR) is 109 cm³/mol. The van der Waals surface area contributed by atoms with E-state index in [-0.39, 0.29) is 6.10 Å². The van der Waals surface area contributed by atoms with E-state index in [1.165, 1.54) is 11.0 Å². The van der Waals surface area contributed by atoms with Gasteiger partial charge in [0.2, 0.25) is 0 Å². The number of aromatic nitrogens is 2. The van der Waals surface area contributed by atoms with Gasteiger partial charge in [0, 0.05) is 5.02 Å². The van der Waals surface area contributed by atoms with Crippen LogP contribution in [0.15, 0.2) is 78.9 Å². The molecule has 0 fully saturated rings. The molecule has 4 rings (SSSR count). The van der Waals surface area contributed by atoms with Crippen molar-refractivity contribution in [3.05, 3.63) is 101 Å². The summed E-state index contributed by atoms with van der Waals surface area (Å²) < 4.78 is 10.9. The lowest BCUT2D eigenvalue weighted by atomic mass is 10.1. The Bertz CT molecular complexity index is 1020. The molecular weight excluding hydrogens is 356 g/mol. The Morgan fingerprint density at radius 3 is 2.30 bits per heavy atom. The van der Waals surface area contributed by atoms with Crippen molar-refractivity contribution in [3.63, 3.8) is 0 Å². The van der Waals surface area contributed by atoms with Crippen molar-refractivity contribution >= 4 is 22.6 Å². The summed E-state index contributed by atoms with van der Waals surface area (Å²) in [5.74, 6) is 1.11. The van der Waals surface area contributed by atoms with Gasteiger partial charge in [-0.1, -0.05) is 66.2 Å². The third-order valence-corrected chi connectivity index (χ3v) is 5.21. The fourth-order valence-electron chi connectivity index (χ4n) is 3.56. The highest BCUT2D eigenvalue weighted by atomic mass is 35.5. The molecule has 3 aromatic carbocycles. The van der Waals surface area contributed by atoms with Crippen LogP contribution in [0.1, 0.15) is 23.1 Å². The molecule has 1 unspecified atom stereocenters. The molecule has 1 atom stereocenters. The molecule has 0 N–H and O–H groups in total. The second-order valence-electron chi connectivity index (χ2n) is 6.69. The lowest BCUT2D eigenvalue weighted by molar-refractivity contribution is -0.657. The highest BCUT2D eigenvalue weighted by Gasteiger charge is 2.30. The van der Waals surface area contributed by atoms with Crippen LogP contribution in [0.3, 0.4) is 0 Å². The number of aryl methyl sites for hydroxylation is 2. The molecule has 0 aliphatic carbocycles. The van der Waals surface area contributed by atoms with Gasteiger partial charge in [-0.05, 0) is 35.4 Å². The molecule has 1 aromatic heterocycles. The summed E-state index contributed by atoms with van der Waals surface area (Å²) in [7, 11) is 4.19. The molecule has 0 bridgehead atoms. The second-order valence-corrected chi connectivity index (χ2v) is 7.13. The fraction of sp³-hybridized carbons (Fsp3) is 0.174. The zero-order valence-electron chi connectivity index (χ0n) is 15.5. The number of nitrogens with zero attached hydrogens (tertiary/aromatic N) is 2. The van der Waals surface area contributed by atoms with Crippen LogP contribution in [0.2, 0.25) is 5.02 Å². The standard InChI is InChI=1S/C23H22ClN2O/c1-25-20-10-6-7-11-21(20)26(2)23(25)22(18-8-4-3-5-9-18)27-16-17-12-14-19(24)15-13-17/h3-15,22H,16H2,1-2H3/q+1. The first-order chi connectivity index (χ1) is 13.1. The largest absolute Gasteiger partial charge is 0.356 e. The molecule has 0 radical (unpaired) electrons. The van der Waals surface area contributed by atoms with Crippen LogP contribution in [-0.4, -0.2) is 4.57 Å². The molecule has 0 saturated heterocycles. The number of para-hydroxylation sites is 2. The van der Waals surface area contributed by atoms with Crippen molar-refractivity contribution in [2.45, 2.75) is 12.7 Å². The van der Waals surface area contributed by atoms with Gasteiger partial charge in [-0.2, -0.15) is 0 Å². The Balaban J connectivity index is 1.76. The number of benzene rings is 3. The Labute approximate surface area is 164 Å². The normalized spacial score (nSPS) is 12.4. The molecule has 0 amide bonds. The number of halogens is 1. The van der Waals surface area contributed by atoms with E-state index >= 15 is 0 Å². The minimum absolute atomic E-state index is 0.177. The van der Waals surface area contributed by atoms with Gasteiger partial charge in [-0.25, -0.2) is 9.13 Å². The lowest BCUT2D eigenvalue weighted by Gasteiger charge is -2.16. The van der Waals surface area contributed by atoms with E-state index in [1.807, 2.05) is 30.3 Å². The van der Waals surface area contributed by atoms with Gasteiger partial charge in [0.05, 0.1) is 20.7 Å². The number of rotatable bonds is 5. The smallest absolute Gasteiger partial charge is 0.291 e. The predicted octanol–water partition coefficient (Wildman–Crippen LogP) is 4.96. The Kier molecular flexibility index (Phi) is 4.97. The minimum atomic E-state index is -0.177. The average molecular weight is 378 g/mol. The molecule has 4 aromatic rings. The average Bonchev–Trinajstić information content (AvgIpc) is 2.96. The number of hydrogen-bond donors (Lipinski definition) is 0. The van der Waals surface area contributed by atoms with Crippen molar-refractivity contribution in [3.8, 4) is 0 Å². The van der Waals surface area contributed by atoms with Gasteiger partial charge >= 0.3 is 0 Å². The van der Waals surface area contributed by atoms with Crippen molar-refractivity contribution in [2.75, 3.05) is 0 Å². The summed E-state index contributed by atoms with van der Waals surface area (Å²) >= 11 is 6.01. The first-order valence-electron chi connectivity index (χ1n) is 8.99. The Hall–Kier alpha value is -2.62. The van der Waals surface area contributed by atoms with E-state index in [1.54, 1.807) is 0 Å². The van der Waals surface area contributed by atoms with Crippen molar-refractivity contribution in [1.29, 1.82) is 0 Å². The number of imidazole rings is 1. The third kappa shape index (κ3) is 3.48. The highest BCUT2D eigenvalue weighted by Crippen LogP contribution is 2.28. The topological polar surface area (TPSA) is 18.0 Å². The van der Waals surface area contributed by atoms with Gasteiger partial charge in [-0.3, -0.25) is 0 Å². The summed E-state index contributed by atoms with van der Waals surface area (Å²) in [5, 5.41) is 0.735. The van der Waals surface area contributed by atoms with E-state index in [2.05, 4.69) is 71.8 Å². The monoisotopic (exact) mass is 377 g/mol. The van der Waals surface area contributed by atoms with Crippen molar-refractivity contribution < 1.29 is 9.30 Å². The number of ether oxygens (including phenoxy) is 1. The maximum atomic E-state index is 6.45. The molecule has 136 valence electrons. The molecule has 0 spiro atoms. The van der Waals surface area contributed by atoms with Gasteiger partial charge < -0.3 is 4.74 Å². The van der Waals surface area contributed by atoms with E-state index < -0.39 is 0 Å². The second kappa shape index (κ2) is 7.55. The molecule has 1 heterocycles. The van der Waals surface area contributed by atoms with Crippen LogP contribution < -0.4 is 4.57 Å². The molecule has 3 nitrogen and oxygen atoms in total. The SMILES string of the molecule is Cn1c(C(OCc2ccc(Cl)cc2)c2ccccc2)[n+](C)c2ccccc21. The summed E-state index contributed by atoms with van der Waals surface area (Å²) in [6.45, 7) is 0.512. The molecule has 4 heteroatoms. The van der Waals surface area contributed by atoms with E-state index in [4.69, 9.17) is 16.3 Å². The Morgan fingerprint density at radius 2 is 1.59 bits per heavy atom. The first kappa shape index (κ1) is 17.8. The molecule has 0 aliphatic rings. The summed E-state index contributed by atoms with van der Waals surface area (Å²) in [5.41, 5.74) is 4.60. The van der Waals surface area contributed by atoms with Crippen LogP contribution in [-0.2, 0) is 25.4 Å². The van der Waals surface area contributed by atoms with E-state index in [0.717, 1.165) is 22.0 Å². The van der Waals surface area contributed by atoms with Crippen LogP contribution in [0.4, 0.5) is 0 Å². The third-order valence-electron chi connectivity index (χ3n) is 4.96. The number of fused-ring (bicyclic) bond motifs is 1. The van der Waals surface area contributed by atoms with Crippen LogP contribution in [0.25, 0.3) is 11.0 Å². The summed E-state index contributed by atoms with van der Waals surface area (Å²) in [4.78, 5) is 0. The quantitative estimate of drug-likeness (QED) is 0.449. The number of hydrogen-bond acceptors (Lipinski definition) is 1. The van der Waals surface area contributed by atoms with E-state index in [0.29, 0.717) is 6.61 Å². The van der Waals surface area contributed by atoms with Crippen LogP contribution in [0.5, 0.6) is 0 Å². The zero-order chi connectivity index (χ0) is 18.8. The first-order valence-corrected chi connectivity index (χ1v) is 9.37. The van der Waals surface area contributed by atoms with Crippen molar-refractivity contribution in [1.82, 2.24) is 4.57 Å². The summed E-state index contributed by atoms with van der Waals surface area (Å²) in [6.07, 6.45) is -0.177. The fourth-order valence-corrected chi connectivity index (χ4v) is 3.69. The van der Waals surface area contributed by atoms with Crippen LogP contribution >= 0.6 is 11.6 Å². The van der Waals surface area contributed by atoms with Gasteiger partial charge in [0.1, 0.15) is 0 Å². The van der Waals surface area contributed by atoms with Gasteiger partial charge in [0.25, 0.3) is 5.82 Å². The zero-order valence-corrected chi connectivity index (χ0v) is 16.2.